The molecule has 1 aromatic carbocycles. The lowest BCUT2D eigenvalue weighted by molar-refractivity contribution is 0.0947. The van der Waals surface area contributed by atoms with Crippen LogP contribution in [0.15, 0.2) is 36.5 Å². The number of nitrogens with one attached hydrogen (secondary N) is 1. The molecule has 4 nitrogen and oxygen atoms in total. The van der Waals surface area contributed by atoms with Crippen molar-refractivity contribution in [1.82, 2.24) is 15.1 Å². The van der Waals surface area contributed by atoms with Crippen LogP contribution in [-0.4, -0.2) is 22.2 Å². The highest BCUT2D eigenvalue weighted by molar-refractivity contribution is 5.92. The number of carbonyl (C=O) groups excluding carboxylic acids is 1. The van der Waals surface area contributed by atoms with Crippen LogP contribution in [0.2, 0.25) is 0 Å². The van der Waals surface area contributed by atoms with Gasteiger partial charge in [0.1, 0.15) is 11.5 Å². The van der Waals surface area contributed by atoms with Gasteiger partial charge in [-0.25, -0.2) is 9.07 Å². The number of nitrogens with zero attached hydrogens (tertiary/aromatic N) is 2. The zero-order valence-electron chi connectivity index (χ0n) is 12.2. The van der Waals surface area contributed by atoms with Gasteiger partial charge in [-0.2, -0.15) is 5.10 Å². The monoisotopic (exact) mass is 289 g/mol. The average molecular weight is 289 g/mol. The Morgan fingerprint density at radius 1 is 1.24 bits per heavy atom. The van der Waals surface area contributed by atoms with E-state index < -0.39 is 0 Å². The third kappa shape index (κ3) is 4.15. The Hall–Kier alpha value is -2.17. The number of hydrogen-bond acceptors (Lipinski definition) is 2. The topological polar surface area (TPSA) is 46.9 Å². The van der Waals surface area contributed by atoms with Crippen molar-refractivity contribution in [3.63, 3.8) is 0 Å². The lowest BCUT2D eigenvalue weighted by Gasteiger charge is -2.03. The minimum atomic E-state index is -0.368. The number of hydrogen-bond donors (Lipinski definition) is 1. The second kappa shape index (κ2) is 7.57. The fraction of sp³-hybridized carbons (Fsp3) is 0.375. The van der Waals surface area contributed by atoms with Gasteiger partial charge >= 0.3 is 0 Å². The average Bonchev–Trinajstić information content (AvgIpc) is 2.97. The van der Waals surface area contributed by atoms with Crippen LogP contribution in [-0.2, 0) is 0 Å². The van der Waals surface area contributed by atoms with Gasteiger partial charge in [0.25, 0.3) is 5.91 Å². The zero-order chi connectivity index (χ0) is 15.1. The molecule has 0 aliphatic rings. The smallest absolute Gasteiger partial charge is 0.271 e. The van der Waals surface area contributed by atoms with Crippen LogP contribution >= 0.6 is 0 Å². The number of unbranched alkanes of at least 4 members (excludes halogenated alkanes) is 3. The first-order valence-corrected chi connectivity index (χ1v) is 7.31. The maximum Gasteiger partial charge on any atom is 0.271 e. The number of amides is 1. The van der Waals surface area contributed by atoms with E-state index in [4.69, 9.17) is 0 Å². The molecule has 112 valence electrons. The quantitative estimate of drug-likeness (QED) is 0.795. The van der Waals surface area contributed by atoms with E-state index in [0.29, 0.717) is 17.9 Å². The maximum atomic E-state index is 13.6. The van der Waals surface area contributed by atoms with Gasteiger partial charge in [-0.3, -0.25) is 4.79 Å². The molecule has 2 rings (SSSR count). The van der Waals surface area contributed by atoms with Crippen LogP contribution in [0, 0.1) is 5.82 Å². The third-order valence-electron chi connectivity index (χ3n) is 3.24. The molecule has 1 N–H and O–H groups in total. The fourth-order valence-electron chi connectivity index (χ4n) is 2.06. The van der Waals surface area contributed by atoms with E-state index in [9.17, 15) is 9.18 Å². The van der Waals surface area contributed by atoms with Gasteiger partial charge in [-0.1, -0.05) is 38.3 Å². The van der Waals surface area contributed by atoms with Crippen molar-refractivity contribution in [3.8, 4) is 5.69 Å². The summed E-state index contributed by atoms with van der Waals surface area (Å²) in [4.78, 5) is 11.9. The molecule has 0 bridgehead atoms. The second-order valence-corrected chi connectivity index (χ2v) is 4.91. The Balaban J connectivity index is 1.94. The van der Waals surface area contributed by atoms with Crippen LogP contribution in [0.25, 0.3) is 5.69 Å². The van der Waals surface area contributed by atoms with E-state index in [1.54, 1.807) is 30.5 Å². The normalized spacial score (nSPS) is 10.6. The van der Waals surface area contributed by atoms with Crippen molar-refractivity contribution in [2.24, 2.45) is 0 Å². The molecule has 0 spiro atoms. The van der Waals surface area contributed by atoms with Crippen LogP contribution in [0.1, 0.15) is 43.1 Å². The summed E-state index contributed by atoms with van der Waals surface area (Å²) in [6.45, 7) is 2.79. The molecular weight excluding hydrogens is 269 g/mol. The Bertz CT molecular complexity index is 595. The van der Waals surface area contributed by atoms with Crippen molar-refractivity contribution < 1.29 is 9.18 Å². The minimum Gasteiger partial charge on any atom is -0.351 e. The molecule has 1 aromatic heterocycles. The molecule has 2 aromatic rings. The molecular formula is C16H20FN3O. The van der Waals surface area contributed by atoms with Gasteiger partial charge in [0.15, 0.2) is 5.69 Å². The number of rotatable bonds is 7. The second-order valence-electron chi connectivity index (χ2n) is 4.91. The van der Waals surface area contributed by atoms with Crippen molar-refractivity contribution in [2.45, 2.75) is 32.6 Å². The molecule has 0 fully saturated rings. The molecule has 0 unspecified atom stereocenters. The lowest BCUT2D eigenvalue weighted by atomic mass is 10.2. The maximum absolute atomic E-state index is 13.6. The molecule has 0 saturated heterocycles. The molecule has 0 aliphatic heterocycles. The predicted octanol–water partition coefficient (Wildman–Crippen LogP) is 3.32. The standard InChI is InChI=1S/C16H20FN3O/c1-2-3-4-7-11-18-16(21)14-10-12-20(19-14)15-9-6-5-8-13(15)17/h5-6,8-10,12H,2-4,7,11H2,1H3,(H,18,21). The van der Waals surface area contributed by atoms with Gasteiger partial charge in [0.05, 0.1) is 0 Å². The number of halogens is 1. The van der Waals surface area contributed by atoms with Crippen molar-refractivity contribution in [2.75, 3.05) is 6.54 Å². The van der Waals surface area contributed by atoms with Gasteiger partial charge in [0, 0.05) is 12.7 Å². The molecule has 1 heterocycles. The van der Waals surface area contributed by atoms with Crippen LogP contribution in [0.3, 0.4) is 0 Å². The summed E-state index contributed by atoms with van der Waals surface area (Å²) >= 11 is 0. The van der Waals surface area contributed by atoms with E-state index in [0.717, 1.165) is 12.8 Å². The summed E-state index contributed by atoms with van der Waals surface area (Å²) in [6.07, 6.45) is 6.01. The third-order valence-corrected chi connectivity index (χ3v) is 3.24. The first kappa shape index (κ1) is 15.2. The van der Waals surface area contributed by atoms with E-state index in [2.05, 4.69) is 17.3 Å². The summed E-state index contributed by atoms with van der Waals surface area (Å²) in [5.74, 6) is -0.589. The molecule has 0 radical (unpaired) electrons. The summed E-state index contributed by atoms with van der Waals surface area (Å²) in [7, 11) is 0. The van der Waals surface area contributed by atoms with Gasteiger partial charge in [0.2, 0.25) is 0 Å². The molecule has 0 aliphatic carbocycles. The Morgan fingerprint density at radius 2 is 2.05 bits per heavy atom. The molecule has 0 atom stereocenters. The Labute approximate surface area is 124 Å². The largest absolute Gasteiger partial charge is 0.351 e. The first-order valence-electron chi connectivity index (χ1n) is 7.31. The summed E-state index contributed by atoms with van der Waals surface area (Å²) in [5.41, 5.74) is 0.633. The van der Waals surface area contributed by atoms with Gasteiger partial charge < -0.3 is 5.32 Å². The Morgan fingerprint density at radius 3 is 2.81 bits per heavy atom. The lowest BCUT2D eigenvalue weighted by Crippen LogP contribution is -2.25. The minimum absolute atomic E-state index is 0.221. The summed E-state index contributed by atoms with van der Waals surface area (Å²) < 4.78 is 15.0. The fourth-order valence-corrected chi connectivity index (χ4v) is 2.06. The molecule has 0 saturated carbocycles. The van der Waals surface area contributed by atoms with Crippen molar-refractivity contribution >= 4 is 5.91 Å². The van der Waals surface area contributed by atoms with Crippen LogP contribution in [0.5, 0.6) is 0 Å². The summed E-state index contributed by atoms with van der Waals surface area (Å²) in [5, 5.41) is 6.95. The van der Waals surface area contributed by atoms with E-state index >= 15 is 0 Å². The molecule has 1 amide bonds. The molecule has 21 heavy (non-hydrogen) atoms. The number of para-hydroxylation sites is 1. The number of carbonyl (C=O) groups is 1. The van der Waals surface area contributed by atoms with E-state index in [1.165, 1.54) is 23.6 Å². The predicted molar refractivity (Wildman–Crippen MR) is 80.0 cm³/mol. The highest BCUT2D eigenvalue weighted by Crippen LogP contribution is 2.12. The van der Waals surface area contributed by atoms with Crippen molar-refractivity contribution in [3.05, 3.63) is 48.0 Å². The van der Waals surface area contributed by atoms with Crippen LogP contribution < -0.4 is 5.32 Å². The first-order chi connectivity index (χ1) is 10.2. The number of benzene rings is 1. The molecule has 5 heteroatoms. The van der Waals surface area contributed by atoms with Crippen LogP contribution in [0.4, 0.5) is 4.39 Å². The van der Waals surface area contributed by atoms with E-state index in [-0.39, 0.29) is 11.7 Å². The Kier molecular flexibility index (Phi) is 5.49. The highest BCUT2D eigenvalue weighted by atomic mass is 19.1. The highest BCUT2D eigenvalue weighted by Gasteiger charge is 2.11. The van der Waals surface area contributed by atoms with E-state index in [1.807, 2.05) is 0 Å². The summed E-state index contributed by atoms with van der Waals surface area (Å²) in [6, 6.07) is 7.92. The number of aromatic nitrogens is 2. The zero-order valence-corrected chi connectivity index (χ0v) is 12.2. The van der Waals surface area contributed by atoms with Gasteiger partial charge in [-0.05, 0) is 24.6 Å². The van der Waals surface area contributed by atoms with Crippen molar-refractivity contribution in [1.29, 1.82) is 0 Å². The van der Waals surface area contributed by atoms with Gasteiger partial charge in [-0.15, -0.1) is 0 Å². The SMILES string of the molecule is CCCCCCNC(=O)c1ccn(-c2ccccc2F)n1.